The summed E-state index contributed by atoms with van der Waals surface area (Å²) in [4.78, 5) is 33.2. The van der Waals surface area contributed by atoms with Crippen molar-refractivity contribution < 1.29 is 28.9 Å². The maximum atomic E-state index is 13.6. The Morgan fingerprint density at radius 3 is 2.77 bits per heavy atom. The highest BCUT2D eigenvalue weighted by molar-refractivity contribution is 7.22. The Bertz CT molecular complexity index is 1660. The Labute approximate surface area is 229 Å². The molecule has 2 aliphatic rings. The van der Waals surface area contributed by atoms with Crippen molar-refractivity contribution >= 4 is 44.1 Å². The number of thiazole rings is 1. The Kier molecular flexibility index (Phi) is 6.23. The van der Waals surface area contributed by atoms with Crippen LogP contribution in [0.15, 0.2) is 66.2 Å². The van der Waals surface area contributed by atoms with E-state index in [2.05, 4.69) is 4.98 Å². The highest BCUT2D eigenvalue weighted by Gasteiger charge is 2.48. The number of hydrogen-bond donors (Lipinski definition) is 1. The fourth-order valence-corrected chi connectivity index (χ4v) is 6.15. The van der Waals surface area contributed by atoms with Crippen LogP contribution < -0.4 is 19.1 Å². The molecule has 1 saturated heterocycles. The number of nitrogens with zero attached hydrogens (tertiary/aromatic N) is 2. The van der Waals surface area contributed by atoms with Crippen LogP contribution in [0.4, 0.5) is 5.13 Å². The minimum absolute atomic E-state index is 0.00516. The molecule has 2 atom stereocenters. The van der Waals surface area contributed by atoms with Gasteiger partial charge in [0.1, 0.15) is 29.1 Å². The summed E-state index contributed by atoms with van der Waals surface area (Å²) in [6, 6.07) is 17.0. The molecule has 2 aliphatic heterocycles. The second-order valence-corrected chi connectivity index (χ2v) is 10.5. The van der Waals surface area contributed by atoms with Gasteiger partial charge in [0.2, 0.25) is 0 Å². The average Bonchev–Trinajstić information content (AvgIpc) is 3.60. The number of amides is 1. The van der Waals surface area contributed by atoms with E-state index in [9.17, 15) is 14.7 Å². The number of anilines is 1. The molecule has 2 unspecified atom stereocenters. The van der Waals surface area contributed by atoms with Gasteiger partial charge in [0.05, 0.1) is 35.5 Å². The van der Waals surface area contributed by atoms with Gasteiger partial charge in [-0.25, -0.2) is 4.98 Å². The molecule has 1 aromatic heterocycles. The summed E-state index contributed by atoms with van der Waals surface area (Å²) in [7, 11) is 1.55. The lowest BCUT2D eigenvalue weighted by Crippen LogP contribution is -2.29. The standard InChI is InChI=1S/C30H26N2O6S/c1-4-37-21-9-10-22-24(15-21)39-30(31-22)32-26(17-6-5-7-20(14-17)36-3)25(28(34)29(32)35)27(33)18-8-11-23-19(13-18)12-16(2)38-23/h5-11,13-16,26,33H,4,12H2,1-3H3/b27-25+. The second kappa shape index (κ2) is 9.74. The number of ether oxygens (including phenoxy) is 3. The second-order valence-electron chi connectivity index (χ2n) is 9.46. The molecule has 1 amide bonds. The number of Topliss-reactive ketones (excluding diaryl/α,β-unsaturated/α-hetero) is 1. The lowest BCUT2D eigenvalue weighted by atomic mass is 9.94. The van der Waals surface area contributed by atoms with Gasteiger partial charge in [-0.1, -0.05) is 23.5 Å². The Morgan fingerprint density at radius 1 is 1.13 bits per heavy atom. The number of ketones is 1. The minimum Gasteiger partial charge on any atom is -0.507 e. The van der Waals surface area contributed by atoms with E-state index in [0.717, 1.165) is 16.0 Å². The summed E-state index contributed by atoms with van der Waals surface area (Å²) in [6.45, 7) is 4.41. The zero-order valence-electron chi connectivity index (χ0n) is 21.6. The van der Waals surface area contributed by atoms with Crippen LogP contribution in [0.1, 0.15) is 36.6 Å². The first-order valence-corrected chi connectivity index (χ1v) is 13.5. The Morgan fingerprint density at radius 2 is 1.97 bits per heavy atom. The molecule has 0 bridgehead atoms. The average molecular weight is 543 g/mol. The van der Waals surface area contributed by atoms with E-state index in [1.165, 1.54) is 16.2 Å². The summed E-state index contributed by atoms with van der Waals surface area (Å²) in [6.07, 6.45) is 0.724. The van der Waals surface area contributed by atoms with Gasteiger partial charge in [-0.2, -0.15) is 0 Å². The molecule has 6 rings (SSSR count). The number of methoxy groups -OCH3 is 1. The maximum Gasteiger partial charge on any atom is 0.301 e. The minimum atomic E-state index is -0.907. The number of carbonyl (C=O) groups is 2. The van der Waals surface area contributed by atoms with Crippen LogP contribution in [0.25, 0.3) is 16.0 Å². The smallest absolute Gasteiger partial charge is 0.301 e. The quantitative estimate of drug-likeness (QED) is 0.191. The van der Waals surface area contributed by atoms with Gasteiger partial charge in [0.15, 0.2) is 5.13 Å². The van der Waals surface area contributed by atoms with Gasteiger partial charge in [0, 0.05) is 12.0 Å². The third-order valence-corrected chi connectivity index (χ3v) is 7.91. The van der Waals surface area contributed by atoms with Crippen molar-refractivity contribution in [3.05, 3.63) is 82.9 Å². The van der Waals surface area contributed by atoms with Gasteiger partial charge in [-0.05, 0) is 73.5 Å². The van der Waals surface area contributed by atoms with Crippen molar-refractivity contribution in [1.29, 1.82) is 0 Å². The van der Waals surface area contributed by atoms with Crippen molar-refractivity contribution in [2.24, 2.45) is 0 Å². The fourth-order valence-electron chi connectivity index (χ4n) is 5.13. The largest absolute Gasteiger partial charge is 0.507 e. The number of aliphatic hydroxyl groups is 1. The SMILES string of the molecule is CCOc1ccc2nc(N3C(=O)C(=O)/C(=C(/O)c4ccc5c(c4)CC(C)O5)C3c3cccc(OC)c3)sc2c1. The predicted molar refractivity (Wildman–Crippen MR) is 149 cm³/mol. The van der Waals surface area contributed by atoms with Crippen LogP contribution in [-0.4, -0.2) is 41.6 Å². The molecule has 0 spiro atoms. The Hall–Kier alpha value is -4.37. The first kappa shape index (κ1) is 24.9. The van der Waals surface area contributed by atoms with Gasteiger partial charge in [-0.3, -0.25) is 14.5 Å². The normalized spacial score (nSPS) is 19.8. The molecule has 1 N–H and O–H groups in total. The van der Waals surface area contributed by atoms with Crippen molar-refractivity contribution in [3.63, 3.8) is 0 Å². The zero-order chi connectivity index (χ0) is 27.3. The summed E-state index contributed by atoms with van der Waals surface area (Å²) < 4.78 is 17.7. The molecule has 0 radical (unpaired) electrons. The predicted octanol–water partition coefficient (Wildman–Crippen LogP) is 5.65. The summed E-state index contributed by atoms with van der Waals surface area (Å²) >= 11 is 1.28. The van der Waals surface area contributed by atoms with Crippen LogP contribution >= 0.6 is 11.3 Å². The third kappa shape index (κ3) is 4.28. The van der Waals surface area contributed by atoms with Crippen LogP contribution in [-0.2, 0) is 16.0 Å². The molecule has 3 aromatic carbocycles. The summed E-state index contributed by atoms with van der Waals surface area (Å²) in [5, 5.41) is 11.9. The first-order valence-electron chi connectivity index (χ1n) is 12.7. The van der Waals surface area contributed by atoms with Gasteiger partial charge in [-0.15, -0.1) is 0 Å². The molecule has 4 aromatic rings. The monoisotopic (exact) mass is 542 g/mol. The number of benzene rings is 3. The van der Waals surface area contributed by atoms with E-state index < -0.39 is 17.7 Å². The highest BCUT2D eigenvalue weighted by atomic mass is 32.1. The number of fused-ring (bicyclic) bond motifs is 2. The van der Waals surface area contributed by atoms with Crippen molar-refractivity contribution in [3.8, 4) is 17.2 Å². The lowest BCUT2D eigenvalue weighted by Gasteiger charge is -2.23. The summed E-state index contributed by atoms with van der Waals surface area (Å²) in [5.74, 6) is 0.232. The van der Waals surface area contributed by atoms with Crippen molar-refractivity contribution in [2.75, 3.05) is 18.6 Å². The molecule has 8 nitrogen and oxygen atoms in total. The molecule has 9 heteroatoms. The van der Waals surface area contributed by atoms with Gasteiger partial charge in [0.25, 0.3) is 5.78 Å². The van der Waals surface area contributed by atoms with Crippen molar-refractivity contribution in [1.82, 2.24) is 4.98 Å². The third-order valence-electron chi connectivity index (χ3n) is 6.89. The molecule has 39 heavy (non-hydrogen) atoms. The van der Waals surface area contributed by atoms with E-state index >= 15 is 0 Å². The number of aromatic nitrogens is 1. The van der Waals surface area contributed by atoms with Crippen LogP contribution in [0.2, 0.25) is 0 Å². The van der Waals surface area contributed by atoms with E-state index in [4.69, 9.17) is 14.2 Å². The number of aliphatic hydroxyl groups excluding tert-OH is 1. The molecule has 1 fully saturated rings. The number of rotatable bonds is 6. The fraction of sp³-hybridized carbons (Fsp3) is 0.233. The molecule has 198 valence electrons. The van der Waals surface area contributed by atoms with Crippen LogP contribution in [0.5, 0.6) is 17.2 Å². The van der Waals surface area contributed by atoms with E-state index in [0.29, 0.717) is 46.3 Å². The first-order chi connectivity index (χ1) is 18.9. The van der Waals surface area contributed by atoms with Crippen LogP contribution in [0, 0.1) is 0 Å². The lowest BCUT2D eigenvalue weighted by molar-refractivity contribution is -0.132. The number of carbonyl (C=O) groups excluding carboxylic acids is 2. The van der Waals surface area contributed by atoms with E-state index in [1.54, 1.807) is 43.5 Å². The van der Waals surface area contributed by atoms with Gasteiger partial charge >= 0.3 is 5.91 Å². The van der Waals surface area contributed by atoms with E-state index in [1.807, 2.05) is 38.1 Å². The molecular formula is C30H26N2O6S. The Balaban J connectivity index is 1.52. The molecule has 0 aliphatic carbocycles. The summed E-state index contributed by atoms with van der Waals surface area (Å²) in [5.41, 5.74) is 2.67. The molecule has 3 heterocycles. The van der Waals surface area contributed by atoms with Crippen molar-refractivity contribution in [2.45, 2.75) is 32.4 Å². The molecule has 0 saturated carbocycles. The molecular weight excluding hydrogens is 516 g/mol. The van der Waals surface area contributed by atoms with Crippen LogP contribution in [0.3, 0.4) is 0 Å². The van der Waals surface area contributed by atoms with Gasteiger partial charge < -0.3 is 19.3 Å². The maximum absolute atomic E-state index is 13.6. The highest BCUT2D eigenvalue weighted by Crippen LogP contribution is 2.45. The zero-order valence-corrected chi connectivity index (χ0v) is 22.5. The topological polar surface area (TPSA) is 98.2 Å². The van der Waals surface area contributed by atoms with E-state index in [-0.39, 0.29) is 17.4 Å². The number of hydrogen-bond acceptors (Lipinski definition) is 8.